The van der Waals surface area contributed by atoms with Crippen LogP contribution >= 0.6 is 0 Å². The Morgan fingerprint density at radius 3 is 2.47 bits per heavy atom. The van der Waals surface area contributed by atoms with Gasteiger partial charge in [-0.05, 0) is 37.6 Å². The number of rotatable bonds is 5. The Balaban J connectivity index is 2.01. The number of aryl methyl sites for hydroxylation is 2. The molecule has 0 aliphatic heterocycles. The van der Waals surface area contributed by atoms with E-state index in [9.17, 15) is 4.39 Å². The first-order chi connectivity index (χ1) is 9.10. The quantitative estimate of drug-likeness (QED) is 0.866. The second-order valence-electron chi connectivity index (χ2n) is 4.43. The molecule has 2 N–H and O–H groups in total. The van der Waals surface area contributed by atoms with Gasteiger partial charge in [-0.25, -0.2) is 4.39 Å². The summed E-state index contributed by atoms with van der Waals surface area (Å²) in [4.78, 5) is 0. The Labute approximate surface area is 111 Å². The molecule has 1 aromatic heterocycles. The lowest BCUT2D eigenvalue weighted by Crippen LogP contribution is -2.04. The summed E-state index contributed by atoms with van der Waals surface area (Å²) in [5.74, 6) is 0.370. The van der Waals surface area contributed by atoms with Gasteiger partial charge in [-0.15, -0.1) is 5.10 Å². The second-order valence-corrected chi connectivity index (χ2v) is 4.43. The highest BCUT2D eigenvalue weighted by molar-refractivity contribution is 5.32. The molecule has 0 atom stereocenters. The van der Waals surface area contributed by atoms with Gasteiger partial charge in [0, 0.05) is 6.54 Å². The standard InChI is InChI=1S/C13H17FN4O/c1-8-4-10(5-9(2)12(8)14)6-16-13-18-17-11(19-13)7-15-3/h4-5,15H,6-7H2,1-3H3,(H,16,18). The van der Waals surface area contributed by atoms with E-state index in [1.165, 1.54) is 0 Å². The van der Waals surface area contributed by atoms with Crippen LogP contribution in [0.1, 0.15) is 22.6 Å². The van der Waals surface area contributed by atoms with Crippen molar-refractivity contribution in [3.8, 4) is 0 Å². The van der Waals surface area contributed by atoms with Gasteiger partial charge in [-0.3, -0.25) is 0 Å². The Kier molecular flexibility index (Phi) is 4.11. The number of benzene rings is 1. The van der Waals surface area contributed by atoms with Gasteiger partial charge in [-0.1, -0.05) is 17.2 Å². The monoisotopic (exact) mass is 264 g/mol. The Bertz CT molecular complexity index is 545. The fraction of sp³-hybridized carbons (Fsp3) is 0.385. The van der Waals surface area contributed by atoms with Crippen molar-refractivity contribution < 1.29 is 8.81 Å². The van der Waals surface area contributed by atoms with E-state index < -0.39 is 0 Å². The van der Waals surface area contributed by atoms with Crippen LogP contribution in [0, 0.1) is 19.7 Å². The molecule has 19 heavy (non-hydrogen) atoms. The van der Waals surface area contributed by atoms with Crippen LogP contribution in [-0.4, -0.2) is 17.2 Å². The second kappa shape index (κ2) is 5.79. The van der Waals surface area contributed by atoms with E-state index in [2.05, 4.69) is 20.8 Å². The molecule has 2 rings (SSSR count). The van der Waals surface area contributed by atoms with Gasteiger partial charge in [0.05, 0.1) is 6.54 Å². The predicted molar refractivity (Wildman–Crippen MR) is 70.3 cm³/mol. The summed E-state index contributed by atoms with van der Waals surface area (Å²) in [5, 5.41) is 13.7. The molecule has 0 aliphatic carbocycles. The van der Waals surface area contributed by atoms with Crippen LogP contribution in [0.15, 0.2) is 16.5 Å². The summed E-state index contributed by atoms with van der Waals surface area (Å²) in [5.41, 5.74) is 2.25. The van der Waals surface area contributed by atoms with Crippen LogP contribution < -0.4 is 10.6 Å². The molecule has 1 heterocycles. The molecule has 0 spiro atoms. The number of nitrogens with zero attached hydrogens (tertiary/aromatic N) is 2. The maximum Gasteiger partial charge on any atom is 0.315 e. The normalized spacial score (nSPS) is 10.7. The number of hydrogen-bond acceptors (Lipinski definition) is 5. The summed E-state index contributed by atoms with van der Waals surface area (Å²) in [6, 6.07) is 3.98. The molecule has 0 fully saturated rings. The minimum atomic E-state index is -0.155. The predicted octanol–water partition coefficient (Wildman–Crippen LogP) is 2.16. The summed E-state index contributed by atoms with van der Waals surface area (Å²) in [6.45, 7) is 4.56. The Morgan fingerprint density at radius 2 is 1.84 bits per heavy atom. The van der Waals surface area contributed by atoms with E-state index in [1.807, 2.05) is 0 Å². The van der Waals surface area contributed by atoms with Crippen molar-refractivity contribution in [2.45, 2.75) is 26.9 Å². The average Bonchev–Trinajstić information content (AvgIpc) is 2.81. The molecule has 0 saturated heterocycles. The van der Waals surface area contributed by atoms with Gasteiger partial charge >= 0.3 is 6.01 Å². The van der Waals surface area contributed by atoms with Crippen LogP contribution in [0.4, 0.5) is 10.4 Å². The molecule has 0 bridgehead atoms. The van der Waals surface area contributed by atoms with E-state index >= 15 is 0 Å². The van der Waals surface area contributed by atoms with Gasteiger partial charge in [0.25, 0.3) is 0 Å². The number of aromatic nitrogens is 2. The molecule has 0 unspecified atom stereocenters. The highest BCUT2D eigenvalue weighted by atomic mass is 19.1. The largest absolute Gasteiger partial charge is 0.407 e. The van der Waals surface area contributed by atoms with Crippen molar-refractivity contribution in [3.05, 3.63) is 40.5 Å². The third kappa shape index (κ3) is 3.29. The van der Waals surface area contributed by atoms with E-state index in [4.69, 9.17) is 4.42 Å². The van der Waals surface area contributed by atoms with Crippen LogP contribution in [0.5, 0.6) is 0 Å². The third-order valence-corrected chi connectivity index (χ3v) is 2.73. The van der Waals surface area contributed by atoms with Gasteiger partial charge in [0.2, 0.25) is 5.89 Å². The first-order valence-electron chi connectivity index (χ1n) is 6.06. The van der Waals surface area contributed by atoms with Crippen molar-refractivity contribution in [3.63, 3.8) is 0 Å². The average molecular weight is 264 g/mol. The summed E-state index contributed by atoms with van der Waals surface area (Å²) in [7, 11) is 1.81. The number of nitrogens with one attached hydrogen (secondary N) is 2. The molecule has 5 nitrogen and oxygen atoms in total. The molecular formula is C13H17FN4O. The van der Waals surface area contributed by atoms with E-state index in [-0.39, 0.29) is 5.82 Å². The summed E-state index contributed by atoms with van der Waals surface area (Å²) < 4.78 is 18.9. The minimum Gasteiger partial charge on any atom is -0.407 e. The van der Waals surface area contributed by atoms with Crippen LogP contribution in [0.25, 0.3) is 0 Å². The number of hydrogen-bond donors (Lipinski definition) is 2. The van der Waals surface area contributed by atoms with Crippen molar-refractivity contribution in [1.29, 1.82) is 0 Å². The van der Waals surface area contributed by atoms with Crippen molar-refractivity contribution in [2.75, 3.05) is 12.4 Å². The zero-order valence-corrected chi connectivity index (χ0v) is 11.2. The molecule has 0 radical (unpaired) electrons. The van der Waals surface area contributed by atoms with Gasteiger partial charge < -0.3 is 15.1 Å². The molecule has 0 amide bonds. The van der Waals surface area contributed by atoms with Crippen molar-refractivity contribution in [2.24, 2.45) is 0 Å². The third-order valence-electron chi connectivity index (χ3n) is 2.73. The highest BCUT2D eigenvalue weighted by Crippen LogP contribution is 2.16. The lowest BCUT2D eigenvalue weighted by Gasteiger charge is -2.06. The maximum absolute atomic E-state index is 13.5. The van der Waals surface area contributed by atoms with Crippen LogP contribution in [0.2, 0.25) is 0 Å². The Morgan fingerprint density at radius 1 is 1.16 bits per heavy atom. The van der Waals surface area contributed by atoms with Gasteiger partial charge in [-0.2, -0.15) is 0 Å². The lowest BCUT2D eigenvalue weighted by atomic mass is 10.1. The van der Waals surface area contributed by atoms with Gasteiger partial charge in [0.1, 0.15) is 5.82 Å². The zero-order chi connectivity index (χ0) is 13.8. The molecule has 1 aromatic carbocycles. The lowest BCUT2D eigenvalue weighted by molar-refractivity contribution is 0.489. The number of anilines is 1. The fourth-order valence-electron chi connectivity index (χ4n) is 1.86. The Hall–Kier alpha value is -1.95. The molecule has 6 heteroatoms. The zero-order valence-electron chi connectivity index (χ0n) is 11.2. The van der Waals surface area contributed by atoms with Crippen LogP contribution in [0.3, 0.4) is 0 Å². The first kappa shape index (κ1) is 13.5. The SMILES string of the molecule is CNCc1nnc(NCc2cc(C)c(F)c(C)c2)o1. The fourth-order valence-corrected chi connectivity index (χ4v) is 1.86. The molecule has 0 saturated carbocycles. The van der Waals surface area contributed by atoms with E-state index in [1.54, 1.807) is 33.0 Å². The summed E-state index contributed by atoms with van der Waals surface area (Å²) >= 11 is 0. The van der Waals surface area contributed by atoms with Gasteiger partial charge in [0.15, 0.2) is 0 Å². The first-order valence-corrected chi connectivity index (χ1v) is 6.06. The smallest absolute Gasteiger partial charge is 0.315 e. The van der Waals surface area contributed by atoms with E-state index in [0.29, 0.717) is 36.1 Å². The maximum atomic E-state index is 13.5. The molecule has 2 aromatic rings. The van der Waals surface area contributed by atoms with E-state index in [0.717, 1.165) is 5.56 Å². The highest BCUT2D eigenvalue weighted by Gasteiger charge is 2.07. The van der Waals surface area contributed by atoms with Crippen molar-refractivity contribution >= 4 is 6.01 Å². The molecular weight excluding hydrogens is 247 g/mol. The molecule has 0 aliphatic rings. The minimum absolute atomic E-state index is 0.155. The van der Waals surface area contributed by atoms with Crippen molar-refractivity contribution in [1.82, 2.24) is 15.5 Å². The topological polar surface area (TPSA) is 63.0 Å². The number of halogens is 1. The summed E-state index contributed by atoms with van der Waals surface area (Å²) in [6.07, 6.45) is 0. The van der Waals surface area contributed by atoms with Crippen LogP contribution in [-0.2, 0) is 13.1 Å². The molecule has 102 valence electrons.